The molecule has 1 aromatic carbocycles. The van der Waals surface area contributed by atoms with Crippen LogP contribution < -0.4 is 0 Å². The topological polar surface area (TPSA) is 27.1 Å². The summed E-state index contributed by atoms with van der Waals surface area (Å²) in [4.78, 5) is 4.51. The van der Waals surface area contributed by atoms with Crippen molar-refractivity contribution in [1.82, 2.24) is 9.55 Å². The van der Waals surface area contributed by atoms with Crippen LogP contribution in [-0.2, 0) is 11.3 Å². The number of para-hydroxylation sites is 1. The summed E-state index contributed by atoms with van der Waals surface area (Å²) in [5.41, 5.74) is 2.56. The third-order valence-corrected chi connectivity index (χ3v) is 5.04. The van der Waals surface area contributed by atoms with Crippen LogP contribution in [0.5, 0.6) is 0 Å². The first-order valence-electron chi connectivity index (χ1n) is 7.48. The number of fused-ring (bicyclic) bond motifs is 1. The number of ether oxygens (including phenoxy) is 1. The van der Waals surface area contributed by atoms with Crippen molar-refractivity contribution in [2.75, 3.05) is 13.2 Å². The summed E-state index contributed by atoms with van der Waals surface area (Å²) in [5.74, 6) is 0.702. The molecule has 0 aliphatic carbocycles. The molecule has 0 atom stereocenters. The fraction of sp³-hybridized carbons (Fsp3) is 0.353. The monoisotopic (exact) mass is 298 g/mol. The van der Waals surface area contributed by atoms with E-state index in [1.807, 2.05) is 11.6 Å². The number of aromatic nitrogens is 2. The lowest BCUT2D eigenvalue weighted by Crippen LogP contribution is -2.20. The van der Waals surface area contributed by atoms with Crippen molar-refractivity contribution in [2.24, 2.45) is 5.92 Å². The van der Waals surface area contributed by atoms with Gasteiger partial charge in [-0.25, -0.2) is 4.98 Å². The van der Waals surface area contributed by atoms with Crippen LogP contribution in [-0.4, -0.2) is 22.8 Å². The van der Waals surface area contributed by atoms with E-state index in [-0.39, 0.29) is 0 Å². The third-order valence-electron chi connectivity index (χ3n) is 4.24. The summed E-state index contributed by atoms with van der Waals surface area (Å²) in [5, 5.41) is 4.46. The van der Waals surface area contributed by atoms with Gasteiger partial charge in [0.05, 0.1) is 5.69 Å². The molecule has 3 nitrogen and oxygen atoms in total. The largest absolute Gasteiger partial charge is 0.381 e. The summed E-state index contributed by atoms with van der Waals surface area (Å²) in [6, 6.07) is 10.9. The highest BCUT2D eigenvalue weighted by Crippen LogP contribution is 2.31. The van der Waals surface area contributed by atoms with E-state index in [1.54, 1.807) is 11.3 Å². The fourth-order valence-corrected chi connectivity index (χ4v) is 3.78. The Balaban J connectivity index is 1.78. The standard InChI is InChI=1S/C17H18N2OS/c1-2-4-15-14(3-1)11-16(17-18-7-10-21-17)19(15)12-13-5-8-20-9-6-13/h1-4,7,10-11,13H,5-6,8-9,12H2. The Bertz CT molecular complexity index is 726. The summed E-state index contributed by atoms with van der Waals surface area (Å²) >= 11 is 1.71. The Kier molecular flexibility index (Phi) is 3.49. The molecule has 1 aliphatic heterocycles. The van der Waals surface area contributed by atoms with Gasteiger partial charge in [-0.2, -0.15) is 0 Å². The molecule has 1 aliphatic rings. The van der Waals surface area contributed by atoms with Crippen LogP contribution in [0.2, 0.25) is 0 Å². The lowest BCUT2D eigenvalue weighted by molar-refractivity contribution is 0.0618. The maximum absolute atomic E-state index is 5.49. The molecule has 0 radical (unpaired) electrons. The van der Waals surface area contributed by atoms with Crippen molar-refractivity contribution in [3.8, 4) is 10.7 Å². The second-order valence-corrected chi connectivity index (χ2v) is 6.49. The molecule has 0 saturated carbocycles. The van der Waals surface area contributed by atoms with E-state index < -0.39 is 0 Å². The van der Waals surface area contributed by atoms with Crippen molar-refractivity contribution in [3.05, 3.63) is 41.9 Å². The van der Waals surface area contributed by atoms with Crippen LogP contribution >= 0.6 is 11.3 Å². The highest BCUT2D eigenvalue weighted by Gasteiger charge is 2.18. The minimum Gasteiger partial charge on any atom is -0.381 e. The van der Waals surface area contributed by atoms with E-state index in [0.717, 1.165) is 37.6 Å². The second kappa shape index (κ2) is 5.62. The smallest absolute Gasteiger partial charge is 0.139 e. The molecule has 0 bridgehead atoms. The molecule has 21 heavy (non-hydrogen) atoms. The second-order valence-electron chi connectivity index (χ2n) is 5.59. The average Bonchev–Trinajstić information content (AvgIpc) is 3.16. The SMILES string of the molecule is c1ccc2c(c1)cc(-c1nccs1)n2CC1CCOCC1. The van der Waals surface area contributed by atoms with E-state index in [2.05, 4.69) is 39.9 Å². The summed E-state index contributed by atoms with van der Waals surface area (Å²) in [6.45, 7) is 2.86. The Labute approximate surface area is 128 Å². The van der Waals surface area contributed by atoms with Gasteiger partial charge in [0.1, 0.15) is 5.01 Å². The average molecular weight is 298 g/mol. The van der Waals surface area contributed by atoms with E-state index >= 15 is 0 Å². The van der Waals surface area contributed by atoms with Gasteiger partial charge in [-0.3, -0.25) is 0 Å². The van der Waals surface area contributed by atoms with Gasteiger partial charge in [-0.15, -0.1) is 11.3 Å². The van der Waals surface area contributed by atoms with E-state index in [4.69, 9.17) is 4.74 Å². The molecule has 4 heteroatoms. The minimum absolute atomic E-state index is 0.702. The number of rotatable bonds is 3. The van der Waals surface area contributed by atoms with Crippen LogP contribution in [0.25, 0.3) is 21.6 Å². The normalized spacial score (nSPS) is 16.6. The number of hydrogen-bond acceptors (Lipinski definition) is 3. The van der Waals surface area contributed by atoms with E-state index in [9.17, 15) is 0 Å². The van der Waals surface area contributed by atoms with E-state index in [1.165, 1.54) is 16.6 Å². The predicted molar refractivity (Wildman–Crippen MR) is 86.6 cm³/mol. The van der Waals surface area contributed by atoms with Gasteiger partial charge < -0.3 is 9.30 Å². The first-order chi connectivity index (χ1) is 10.4. The zero-order valence-electron chi connectivity index (χ0n) is 11.9. The summed E-state index contributed by atoms with van der Waals surface area (Å²) in [7, 11) is 0. The van der Waals surface area contributed by atoms with Crippen molar-refractivity contribution in [3.63, 3.8) is 0 Å². The van der Waals surface area contributed by atoms with Gasteiger partial charge in [-0.05, 0) is 30.9 Å². The highest BCUT2D eigenvalue weighted by atomic mass is 32.1. The molecule has 2 aromatic heterocycles. The molecular weight excluding hydrogens is 280 g/mol. The lowest BCUT2D eigenvalue weighted by Gasteiger charge is -2.23. The molecule has 0 N–H and O–H groups in total. The van der Waals surface area contributed by atoms with E-state index in [0.29, 0.717) is 5.92 Å². The number of hydrogen-bond donors (Lipinski definition) is 0. The quantitative estimate of drug-likeness (QED) is 0.725. The summed E-state index contributed by atoms with van der Waals surface area (Å²) in [6.07, 6.45) is 4.20. The lowest BCUT2D eigenvalue weighted by atomic mass is 10.0. The Morgan fingerprint density at radius 1 is 1.24 bits per heavy atom. The minimum atomic E-state index is 0.702. The molecule has 0 amide bonds. The number of nitrogens with zero attached hydrogens (tertiary/aromatic N) is 2. The molecular formula is C17H18N2OS. The molecule has 1 fully saturated rings. The van der Waals surface area contributed by atoms with Crippen LogP contribution in [0, 0.1) is 5.92 Å². The van der Waals surface area contributed by atoms with Crippen molar-refractivity contribution >= 4 is 22.2 Å². The van der Waals surface area contributed by atoms with Crippen LogP contribution in [0.4, 0.5) is 0 Å². The molecule has 4 rings (SSSR count). The highest BCUT2D eigenvalue weighted by molar-refractivity contribution is 7.13. The van der Waals surface area contributed by atoms with Crippen molar-refractivity contribution in [2.45, 2.75) is 19.4 Å². The van der Waals surface area contributed by atoms with Gasteiger partial charge in [0, 0.05) is 42.2 Å². The van der Waals surface area contributed by atoms with Crippen LogP contribution in [0.15, 0.2) is 41.9 Å². The Hall–Kier alpha value is -1.65. The molecule has 0 unspecified atom stereocenters. The molecule has 1 saturated heterocycles. The zero-order valence-corrected chi connectivity index (χ0v) is 12.7. The first kappa shape index (κ1) is 13.0. The van der Waals surface area contributed by atoms with Gasteiger partial charge in [0.2, 0.25) is 0 Å². The third kappa shape index (κ3) is 2.49. The zero-order chi connectivity index (χ0) is 14.1. The molecule has 3 aromatic rings. The van der Waals surface area contributed by atoms with Gasteiger partial charge in [0.25, 0.3) is 0 Å². The number of thiazole rings is 1. The maximum Gasteiger partial charge on any atom is 0.139 e. The molecule has 108 valence electrons. The van der Waals surface area contributed by atoms with Crippen molar-refractivity contribution in [1.29, 1.82) is 0 Å². The molecule has 0 spiro atoms. The molecule has 3 heterocycles. The van der Waals surface area contributed by atoms with Gasteiger partial charge >= 0.3 is 0 Å². The Morgan fingerprint density at radius 3 is 2.90 bits per heavy atom. The van der Waals surface area contributed by atoms with Crippen LogP contribution in [0.1, 0.15) is 12.8 Å². The maximum atomic E-state index is 5.49. The fourth-order valence-electron chi connectivity index (χ4n) is 3.12. The van der Waals surface area contributed by atoms with Gasteiger partial charge in [0.15, 0.2) is 0 Å². The summed E-state index contributed by atoms with van der Waals surface area (Å²) < 4.78 is 7.94. The number of benzene rings is 1. The predicted octanol–water partition coefficient (Wildman–Crippen LogP) is 4.19. The van der Waals surface area contributed by atoms with Crippen molar-refractivity contribution < 1.29 is 4.74 Å². The van der Waals surface area contributed by atoms with Gasteiger partial charge in [-0.1, -0.05) is 18.2 Å². The Morgan fingerprint density at radius 2 is 2.10 bits per heavy atom. The van der Waals surface area contributed by atoms with Crippen LogP contribution in [0.3, 0.4) is 0 Å². The first-order valence-corrected chi connectivity index (χ1v) is 8.35.